The number of carbonyl (C=O) groups excluding carboxylic acids is 1. The summed E-state index contributed by atoms with van der Waals surface area (Å²) in [5.74, 6) is 0.362. The average Bonchev–Trinajstić information content (AvgIpc) is 2.82. The van der Waals surface area contributed by atoms with Gasteiger partial charge in [-0.2, -0.15) is 0 Å². The van der Waals surface area contributed by atoms with Crippen LogP contribution >= 0.6 is 11.3 Å². The van der Waals surface area contributed by atoms with Gasteiger partial charge in [-0.1, -0.05) is 13.8 Å². The van der Waals surface area contributed by atoms with Crippen LogP contribution in [0.3, 0.4) is 0 Å². The van der Waals surface area contributed by atoms with Crippen molar-refractivity contribution in [2.75, 3.05) is 26.4 Å². The summed E-state index contributed by atoms with van der Waals surface area (Å²) in [6.45, 7) is 5.72. The van der Waals surface area contributed by atoms with E-state index in [1.54, 1.807) is 0 Å². The number of hydrogen-bond donors (Lipinski definition) is 2. The Bertz CT molecular complexity index is 363. The van der Waals surface area contributed by atoms with E-state index >= 15 is 0 Å². The third-order valence-corrected chi connectivity index (χ3v) is 3.44. The molecule has 0 aliphatic rings. The third-order valence-electron chi connectivity index (χ3n) is 2.51. The number of ether oxygens (including phenoxy) is 1. The monoisotopic (exact) mass is 271 g/mol. The van der Waals surface area contributed by atoms with E-state index in [9.17, 15) is 4.79 Å². The first kappa shape index (κ1) is 15.1. The van der Waals surface area contributed by atoms with Gasteiger partial charge in [0.2, 0.25) is 0 Å². The molecule has 0 aliphatic heterocycles. The van der Waals surface area contributed by atoms with Gasteiger partial charge < -0.3 is 15.2 Å². The maximum Gasteiger partial charge on any atom is 0.261 e. The number of amides is 1. The van der Waals surface area contributed by atoms with Crippen LogP contribution in [0.5, 0.6) is 0 Å². The highest BCUT2D eigenvalue weighted by Gasteiger charge is 2.14. The molecule has 0 aliphatic carbocycles. The zero-order chi connectivity index (χ0) is 13.4. The van der Waals surface area contributed by atoms with Crippen molar-refractivity contribution in [3.8, 4) is 0 Å². The van der Waals surface area contributed by atoms with Gasteiger partial charge in [-0.25, -0.2) is 0 Å². The molecule has 0 bridgehead atoms. The maximum atomic E-state index is 11.9. The molecule has 0 spiro atoms. The summed E-state index contributed by atoms with van der Waals surface area (Å²) in [5, 5.41) is 13.4. The minimum atomic E-state index is -0.00384. The summed E-state index contributed by atoms with van der Waals surface area (Å²) in [5.41, 5.74) is 1.11. The first-order valence-corrected chi connectivity index (χ1v) is 7.09. The van der Waals surface area contributed by atoms with Crippen LogP contribution in [0, 0.1) is 0 Å². The van der Waals surface area contributed by atoms with Crippen molar-refractivity contribution in [2.24, 2.45) is 0 Å². The predicted octanol–water partition coefficient (Wildman–Crippen LogP) is 2.00. The topological polar surface area (TPSA) is 58.6 Å². The molecular formula is C13H21NO3S. The lowest BCUT2D eigenvalue weighted by molar-refractivity contribution is 0.0869. The Morgan fingerprint density at radius 1 is 1.50 bits per heavy atom. The van der Waals surface area contributed by atoms with E-state index in [0.29, 0.717) is 25.7 Å². The van der Waals surface area contributed by atoms with Crippen molar-refractivity contribution in [3.05, 3.63) is 21.9 Å². The van der Waals surface area contributed by atoms with Crippen LogP contribution in [0.2, 0.25) is 0 Å². The highest BCUT2D eigenvalue weighted by Crippen LogP contribution is 2.24. The molecule has 1 heterocycles. The zero-order valence-electron chi connectivity index (χ0n) is 10.9. The van der Waals surface area contributed by atoms with Crippen LogP contribution < -0.4 is 5.32 Å². The molecule has 0 radical (unpaired) electrons. The second kappa shape index (κ2) is 8.24. The van der Waals surface area contributed by atoms with Crippen molar-refractivity contribution in [1.29, 1.82) is 0 Å². The summed E-state index contributed by atoms with van der Waals surface area (Å²) < 4.78 is 5.12. The summed E-state index contributed by atoms with van der Waals surface area (Å²) in [6, 6.07) is 2.01. The number of thiophene rings is 1. The molecule has 1 amide bonds. The largest absolute Gasteiger partial charge is 0.394 e. The molecule has 0 unspecified atom stereocenters. The van der Waals surface area contributed by atoms with Crippen molar-refractivity contribution < 1.29 is 14.6 Å². The number of rotatable bonds is 8. The molecule has 2 N–H and O–H groups in total. The summed E-state index contributed by atoms with van der Waals surface area (Å²) in [7, 11) is 0. The Morgan fingerprint density at radius 2 is 2.28 bits per heavy atom. The summed E-state index contributed by atoms with van der Waals surface area (Å²) >= 11 is 1.48. The van der Waals surface area contributed by atoms with Crippen LogP contribution in [0.25, 0.3) is 0 Å². The lowest BCUT2D eigenvalue weighted by atomic mass is 10.0. The lowest BCUT2D eigenvalue weighted by Crippen LogP contribution is -2.25. The molecule has 1 aromatic rings. The molecule has 4 nitrogen and oxygen atoms in total. The van der Waals surface area contributed by atoms with Crippen LogP contribution in [0.15, 0.2) is 11.4 Å². The quantitative estimate of drug-likeness (QED) is 0.711. The van der Waals surface area contributed by atoms with E-state index in [-0.39, 0.29) is 12.5 Å². The van der Waals surface area contributed by atoms with Gasteiger partial charge in [0.25, 0.3) is 5.91 Å². The smallest absolute Gasteiger partial charge is 0.261 e. The highest BCUT2D eigenvalue weighted by molar-refractivity contribution is 7.12. The lowest BCUT2D eigenvalue weighted by Gasteiger charge is -2.08. The average molecular weight is 271 g/mol. The molecule has 102 valence electrons. The minimum Gasteiger partial charge on any atom is -0.394 e. The number of aliphatic hydroxyl groups is 1. The van der Waals surface area contributed by atoms with E-state index in [2.05, 4.69) is 19.2 Å². The maximum absolute atomic E-state index is 11.9. The molecule has 1 rings (SSSR count). The summed E-state index contributed by atoms with van der Waals surface area (Å²) in [6.07, 6.45) is 0.758. The van der Waals surface area contributed by atoms with E-state index in [1.165, 1.54) is 11.3 Å². The normalized spacial score (nSPS) is 10.9. The van der Waals surface area contributed by atoms with Gasteiger partial charge in [-0.05, 0) is 29.3 Å². The Kier molecular flexibility index (Phi) is 6.93. The van der Waals surface area contributed by atoms with Crippen LogP contribution in [0.4, 0.5) is 0 Å². The molecule has 0 saturated carbocycles. The number of carbonyl (C=O) groups is 1. The molecule has 0 aromatic carbocycles. The Balaban J connectivity index is 2.30. The molecule has 0 saturated heterocycles. The predicted molar refractivity (Wildman–Crippen MR) is 73.3 cm³/mol. The van der Waals surface area contributed by atoms with Crippen molar-refractivity contribution in [3.63, 3.8) is 0 Å². The third kappa shape index (κ3) is 4.76. The van der Waals surface area contributed by atoms with Crippen LogP contribution in [-0.2, 0) is 4.74 Å². The van der Waals surface area contributed by atoms with Crippen molar-refractivity contribution in [2.45, 2.75) is 26.2 Å². The molecule has 18 heavy (non-hydrogen) atoms. The highest BCUT2D eigenvalue weighted by atomic mass is 32.1. The van der Waals surface area contributed by atoms with Gasteiger partial charge in [-0.15, -0.1) is 11.3 Å². The molecular weight excluding hydrogens is 250 g/mol. The number of nitrogens with one attached hydrogen (secondary N) is 1. The minimum absolute atomic E-state index is 0.00384. The second-order valence-corrected chi connectivity index (χ2v) is 5.22. The molecule has 1 aromatic heterocycles. The van der Waals surface area contributed by atoms with Gasteiger partial charge in [0, 0.05) is 13.2 Å². The van der Waals surface area contributed by atoms with Gasteiger partial charge in [-0.3, -0.25) is 4.79 Å². The van der Waals surface area contributed by atoms with E-state index in [1.807, 2.05) is 11.4 Å². The van der Waals surface area contributed by atoms with Gasteiger partial charge in [0.15, 0.2) is 0 Å². The van der Waals surface area contributed by atoms with E-state index in [4.69, 9.17) is 9.84 Å². The molecule has 5 heteroatoms. The fourth-order valence-corrected chi connectivity index (χ4v) is 2.55. The molecule has 0 fully saturated rings. The first-order chi connectivity index (χ1) is 8.66. The Hall–Kier alpha value is -0.910. The Labute approximate surface area is 112 Å². The standard InChI is InChI=1S/C13H21NO3S/c1-10(2)11-4-9-18-12(11)13(16)14-5-3-7-17-8-6-15/h4,9-10,15H,3,5-8H2,1-2H3,(H,14,16). The van der Waals surface area contributed by atoms with Crippen LogP contribution in [0.1, 0.15) is 41.4 Å². The zero-order valence-corrected chi connectivity index (χ0v) is 11.8. The summed E-state index contributed by atoms with van der Waals surface area (Å²) in [4.78, 5) is 12.7. The number of aliphatic hydroxyl groups excluding tert-OH is 1. The first-order valence-electron chi connectivity index (χ1n) is 6.21. The SMILES string of the molecule is CC(C)c1ccsc1C(=O)NCCCOCCO. The van der Waals surface area contributed by atoms with Gasteiger partial charge in [0.05, 0.1) is 18.1 Å². The van der Waals surface area contributed by atoms with Gasteiger partial charge in [0.1, 0.15) is 0 Å². The fraction of sp³-hybridized carbons (Fsp3) is 0.615. The van der Waals surface area contributed by atoms with Crippen LogP contribution in [-0.4, -0.2) is 37.4 Å². The Morgan fingerprint density at radius 3 is 2.94 bits per heavy atom. The number of hydrogen-bond acceptors (Lipinski definition) is 4. The molecule has 0 atom stereocenters. The second-order valence-electron chi connectivity index (χ2n) is 4.31. The van der Waals surface area contributed by atoms with Crippen molar-refractivity contribution >= 4 is 17.2 Å². The van der Waals surface area contributed by atoms with E-state index < -0.39 is 0 Å². The van der Waals surface area contributed by atoms with Crippen molar-refractivity contribution in [1.82, 2.24) is 5.32 Å². The fourth-order valence-electron chi connectivity index (χ4n) is 1.58. The van der Waals surface area contributed by atoms with Gasteiger partial charge >= 0.3 is 0 Å². The van der Waals surface area contributed by atoms with E-state index in [0.717, 1.165) is 16.9 Å².